The van der Waals surface area contributed by atoms with E-state index in [1.165, 1.54) is 12.8 Å². The highest BCUT2D eigenvalue weighted by atomic mass is 16.5. The van der Waals surface area contributed by atoms with Crippen LogP contribution in [0.1, 0.15) is 33.1 Å². The number of ether oxygens (including phenoxy) is 1. The normalized spacial score (nSPS) is 30.2. The van der Waals surface area contributed by atoms with Crippen molar-refractivity contribution >= 4 is 0 Å². The summed E-state index contributed by atoms with van der Waals surface area (Å²) in [7, 11) is 0. The van der Waals surface area contributed by atoms with Crippen molar-refractivity contribution in [2.75, 3.05) is 26.3 Å². The number of nitrogens with two attached hydrogens (primary N) is 1. The number of hydrogen-bond acceptors (Lipinski definition) is 3. The average Bonchev–Trinajstić information content (AvgIpc) is 2.17. The Hall–Kier alpha value is -0.120. The molecule has 84 valence electrons. The van der Waals surface area contributed by atoms with E-state index in [1.54, 1.807) is 0 Å². The lowest BCUT2D eigenvalue weighted by atomic mass is 9.94. The molecule has 1 heterocycles. The summed E-state index contributed by atoms with van der Waals surface area (Å²) in [5.74, 6) is 0.666. The molecule has 0 amide bonds. The third kappa shape index (κ3) is 3.95. The largest absolute Gasteiger partial charge is 0.380 e. The van der Waals surface area contributed by atoms with Gasteiger partial charge in [-0.3, -0.25) is 0 Å². The van der Waals surface area contributed by atoms with Crippen molar-refractivity contribution in [3.63, 3.8) is 0 Å². The zero-order valence-corrected chi connectivity index (χ0v) is 9.51. The van der Waals surface area contributed by atoms with Gasteiger partial charge in [-0.1, -0.05) is 6.92 Å². The molecule has 2 unspecified atom stereocenters. The van der Waals surface area contributed by atoms with E-state index in [4.69, 9.17) is 10.5 Å². The van der Waals surface area contributed by atoms with Crippen molar-refractivity contribution in [3.05, 3.63) is 0 Å². The summed E-state index contributed by atoms with van der Waals surface area (Å²) in [5, 5.41) is 3.60. The third-order valence-corrected chi connectivity index (χ3v) is 2.97. The van der Waals surface area contributed by atoms with Crippen LogP contribution in [0.15, 0.2) is 0 Å². The molecule has 0 aromatic heterocycles. The number of rotatable bonds is 5. The van der Waals surface area contributed by atoms with Crippen molar-refractivity contribution in [1.29, 1.82) is 0 Å². The van der Waals surface area contributed by atoms with E-state index < -0.39 is 0 Å². The molecule has 1 aliphatic heterocycles. The number of nitrogens with one attached hydrogen (secondary N) is 1. The first-order valence-electron chi connectivity index (χ1n) is 5.69. The minimum atomic E-state index is 0.196. The van der Waals surface area contributed by atoms with Gasteiger partial charge in [0.1, 0.15) is 0 Å². The highest BCUT2D eigenvalue weighted by Gasteiger charge is 2.26. The summed E-state index contributed by atoms with van der Waals surface area (Å²) >= 11 is 0. The monoisotopic (exact) mass is 200 g/mol. The SMILES string of the molecule is CC(CCN)CNC1(C)CCCOC1. The van der Waals surface area contributed by atoms with Crippen molar-refractivity contribution in [2.24, 2.45) is 11.7 Å². The predicted molar refractivity (Wildman–Crippen MR) is 59.3 cm³/mol. The highest BCUT2D eigenvalue weighted by molar-refractivity contribution is 4.85. The van der Waals surface area contributed by atoms with Crippen LogP contribution in [0.2, 0.25) is 0 Å². The Kier molecular flexibility index (Phi) is 4.85. The van der Waals surface area contributed by atoms with Gasteiger partial charge >= 0.3 is 0 Å². The molecule has 14 heavy (non-hydrogen) atoms. The molecule has 3 N–H and O–H groups in total. The van der Waals surface area contributed by atoms with Gasteiger partial charge in [0.15, 0.2) is 0 Å². The van der Waals surface area contributed by atoms with Crippen LogP contribution in [0.4, 0.5) is 0 Å². The van der Waals surface area contributed by atoms with E-state index >= 15 is 0 Å². The lowest BCUT2D eigenvalue weighted by Crippen LogP contribution is -2.50. The quantitative estimate of drug-likeness (QED) is 0.699. The van der Waals surface area contributed by atoms with E-state index in [9.17, 15) is 0 Å². The molecule has 1 rings (SSSR count). The zero-order chi connectivity index (χ0) is 10.4. The van der Waals surface area contributed by atoms with Gasteiger partial charge in [0.2, 0.25) is 0 Å². The molecule has 0 aromatic carbocycles. The fourth-order valence-electron chi connectivity index (χ4n) is 1.88. The van der Waals surface area contributed by atoms with E-state index in [2.05, 4.69) is 19.2 Å². The summed E-state index contributed by atoms with van der Waals surface area (Å²) in [6, 6.07) is 0. The Morgan fingerprint density at radius 1 is 1.57 bits per heavy atom. The van der Waals surface area contributed by atoms with Crippen LogP contribution in [-0.4, -0.2) is 31.8 Å². The lowest BCUT2D eigenvalue weighted by molar-refractivity contribution is 0.0271. The number of hydrogen-bond donors (Lipinski definition) is 2. The molecule has 2 atom stereocenters. The molecule has 1 fully saturated rings. The molecule has 0 aromatic rings. The Morgan fingerprint density at radius 3 is 2.93 bits per heavy atom. The second-order valence-electron chi connectivity index (χ2n) is 4.78. The highest BCUT2D eigenvalue weighted by Crippen LogP contribution is 2.18. The van der Waals surface area contributed by atoms with Crippen LogP contribution in [0.5, 0.6) is 0 Å². The molecule has 0 bridgehead atoms. The fraction of sp³-hybridized carbons (Fsp3) is 1.00. The van der Waals surface area contributed by atoms with Gasteiger partial charge in [-0.05, 0) is 45.2 Å². The minimum absolute atomic E-state index is 0.196. The lowest BCUT2D eigenvalue weighted by Gasteiger charge is -2.35. The van der Waals surface area contributed by atoms with Gasteiger partial charge in [0.25, 0.3) is 0 Å². The van der Waals surface area contributed by atoms with Gasteiger partial charge in [0, 0.05) is 12.1 Å². The third-order valence-electron chi connectivity index (χ3n) is 2.97. The van der Waals surface area contributed by atoms with Crippen LogP contribution in [-0.2, 0) is 4.74 Å². The predicted octanol–water partition coefficient (Wildman–Crippen LogP) is 1.13. The van der Waals surface area contributed by atoms with Crippen LogP contribution >= 0.6 is 0 Å². The van der Waals surface area contributed by atoms with Gasteiger partial charge in [0.05, 0.1) is 6.61 Å². The molecule has 0 spiro atoms. The second kappa shape index (κ2) is 5.69. The Morgan fingerprint density at radius 2 is 2.36 bits per heavy atom. The average molecular weight is 200 g/mol. The minimum Gasteiger partial charge on any atom is -0.380 e. The summed E-state index contributed by atoms with van der Waals surface area (Å²) < 4.78 is 5.49. The maximum atomic E-state index is 5.52. The maximum absolute atomic E-state index is 5.52. The van der Waals surface area contributed by atoms with E-state index in [-0.39, 0.29) is 5.54 Å². The first-order valence-corrected chi connectivity index (χ1v) is 5.69. The molecule has 1 saturated heterocycles. The standard InChI is InChI=1S/C11H24N2O/c1-10(4-6-12)8-13-11(2)5-3-7-14-9-11/h10,13H,3-9,12H2,1-2H3. The van der Waals surface area contributed by atoms with E-state index in [0.717, 1.165) is 32.7 Å². The Balaban J connectivity index is 2.21. The van der Waals surface area contributed by atoms with Crippen LogP contribution < -0.4 is 11.1 Å². The Bertz CT molecular complexity index is 155. The molecule has 0 aliphatic carbocycles. The van der Waals surface area contributed by atoms with Gasteiger partial charge in [-0.15, -0.1) is 0 Å². The van der Waals surface area contributed by atoms with E-state index in [1.807, 2.05) is 0 Å². The summed E-state index contributed by atoms with van der Waals surface area (Å²) in [5.41, 5.74) is 5.71. The molecule has 0 saturated carbocycles. The first kappa shape index (κ1) is 12.0. The molecule has 3 heteroatoms. The summed E-state index contributed by atoms with van der Waals surface area (Å²) in [4.78, 5) is 0. The fourth-order valence-corrected chi connectivity index (χ4v) is 1.88. The van der Waals surface area contributed by atoms with Crippen molar-refractivity contribution < 1.29 is 4.74 Å². The summed E-state index contributed by atoms with van der Waals surface area (Å²) in [6.45, 7) is 8.11. The smallest absolute Gasteiger partial charge is 0.0645 e. The van der Waals surface area contributed by atoms with Crippen LogP contribution in [0.25, 0.3) is 0 Å². The molecular formula is C11H24N2O. The zero-order valence-electron chi connectivity index (χ0n) is 9.51. The second-order valence-corrected chi connectivity index (χ2v) is 4.78. The topological polar surface area (TPSA) is 47.3 Å². The molecular weight excluding hydrogens is 176 g/mol. The van der Waals surface area contributed by atoms with Crippen LogP contribution in [0, 0.1) is 5.92 Å². The van der Waals surface area contributed by atoms with Crippen LogP contribution in [0.3, 0.4) is 0 Å². The van der Waals surface area contributed by atoms with Crippen molar-refractivity contribution in [1.82, 2.24) is 5.32 Å². The maximum Gasteiger partial charge on any atom is 0.0645 e. The Labute approximate surface area is 87.4 Å². The molecule has 1 aliphatic rings. The summed E-state index contributed by atoms with van der Waals surface area (Å²) in [6.07, 6.45) is 3.50. The van der Waals surface area contributed by atoms with Crippen molar-refractivity contribution in [3.8, 4) is 0 Å². The van der Waals surface area contributed by atoms with Gasteiger partial charge in [-0.25, -0.2) is 0 Å². The van der Waals surface area contributed by atoms with E-state index in [0.29, 0.717) is 5.92 Å². The molecule has 3 nitrogen and oxygen atoms in total. The first-order chi connectivity index (χ1) is 6.66. The van der Waals surface area contributed by atoms with Gasteiger partial charge in [-0.2, -0.15) is 0 Å². The van der Waals surface area contributed by atoms with Gasteiger partial charge < -0.3 is 15.8 Å². The van der Waals surface area contributed by atoms with Crippen molar-refractivity contribution in [2.45, 2.75) is 38.6 Å². The molecule has 0 radical (unpaired) electrons.